The summed E-state index contributed by atoms with van der Waals surface area (Å²) in [6.45, 7) is 0. The summed E-state index contributed by atoms with van der Waals surface area (Å²) in [4.78, 5) is 0. The molecule has 1 aromatic carbocycles. The fourth-order valence-corrected chi connectivity index (χ4v) is 1.16. The van der Waals surface area contributed by atoms with Crippen LogP contribution in [0.2, 0.25) is 0 Å². The summed E-state index contributed by atoms with van der Waals surface area (Å²) >= 11 is 0. The van der Waals surface area contributed by atoms with Gasteiger partial charge >= 0.3 is 7.75 Å². The average molecular weight is 187 g/mol. The van der Waals surface area contributed by atoms with Crippen molar-refractivity contribution in [3.05, 3.63) is 30.3 Å². The van der Waals surface area contributed by atoms with Gasteiger partial charge in [0.2, 0.25) is 0 Å². The maximum atomic E-state index is 11.1. The van der Waals surface area contributed by atoms with Gasteiger partial charge in [-0.05, 0) is 12.1 Å². The van der Waals surface area contributed by atoms with E-state index in [2.05, 4.69) is 4.52 Å². The number of nitrogens with two attached hydrogens (primary N) is 1. The highest BCUT2D eigenvalue weighted by atomic mass is 31.2. The summed E-state index contributed by atoms with van der Waals surface area (Å²) in [6.07, 6.45) is 0. The third-order valence-corrected chi connectivity index (χ3v) is 2.20. The Morgan fingerprint density at radius 1 is 1.33 bits per heavy atom. The van der Waals surface area contributed by atoms with E-state index in [9.17, 15) is 4.57 Å². The molecule has 0 aliphatic carbocycles. The number of hydrogen-bond donors (Lipinski definition) is 1. The van der Waals surface area contributed by atoms with Crippen LogP contribution >= 0.6 is 7.75 Å². The first kappa shape index (κ1) is 9.26. The predicted octanol–water partition coefficient (Wildman–Crippen LogP) is 1.78. The highest BCUT2D eigenvalue weighted by Crippen LogP contribution is 2.38. The molecule has 12 heavy (non-hydrogen) atoms. The van der Waals surface area contributed by atoms with Gasteiger partial charge in [0.25, 0.3) is 0 Å². The molecule has 0 aromatic heterocycles. The van der Waals surface area contributed by atoms with Crippen LogP contribution in [0.4, 0.5) is 0 Å². The highest BCUT2D eigenvalue weighted by molar-refractivity contribution is 7.51. The lowest BCUT2D eigenvalue weighted by Crippen LogP contribution is -2.03. The zero-order valence-corrected chi connectivity index (χ0v) is 7.53. The second-order valence-electron chi connectivity index (χ2n) is 2.13. The molecule has 0 aliphatic rings. The molecule has 0 aliphatic heterocycles. The second kappa shape index (κ2) is 3.72. The van der Waals surface area contributed by atoms with Crippen LogP contribution in [-0.4, -0.2) is 7.11 Å². The molecule has 66 valence electrons. The van der Waals surface area contributed by atoms with Crippen molar-refractivity contribution in [3.8, 4) is 5.75 Å². The van der Waals surface area contributed by atoms with Crippen molar-refractivity contribution in [2.75, 3.05) is 7.11 Å². The molecular weight excluding hydrogens is 177 g/mol. The second-order valence-corrected chi connectivity index (χ2v) is 3.75. The highest BCUT2D eigenvalue weighted by Gasteiger charge is 2.16. The Bertz CT molecular complexity index is 288. The van der Waals surface area contributed by atoms with Gasteiger partial charge in [0.1, 0.15) is 5.75 Å². The van der Waals surface area contributed by atoms with E-state index in [1.54, 1.807) is 24.3 Å². The summed E-state index contributed by atoms with van der Waals surface area (Å²) in [5.74, 6) is 0.435. The minimum absolute atomic E-state index is 0.435. The van der Waals surface area contributed by atoms with E-state index in [-0.39, 0.29) is 0 Å². The summed E-state index contributed by atoms with van der Waals surface area (Å²) < 4.78 is 20.4. The van der Waals surface area contributed by atoms with Gasteiger partial charge in [-0.3, -0.25) is 4.52 Å². The molecule has 1 atom stereocenters. The third-order valence-electron chi connectivity index (χ3n) is 1.23. The molecule has 4 nitrogen and oxygen atoms in total. The first-order chi connectivity index (χ1) is 5.64. The summed E-state index contributed by atoms with van der Waals surface area (Å²) in [5.41, 5.74) is 5.16. The van der Waals surface area contributed by atoms with Crippen LogP contribution in [0.15, 0.2) is 30.3 Å². The van der Waals surface area contributed by atoms with Crippen molar-refractivity contribution in [3.63, 3.8) is 0 Å². The summed E-state index contributed by atoms with van der Waals surface area (Å²) in [7, 11) is -2.16. The third kappa shape index (κ3) is 2.66. The molecule has 0 spiro atoms. The average Bonchev–Trinajstić information content (AvgIpc) is 2.06. The largest absolute Gasteiger partial charge is 0.455 e. The molecule has 0 heterocycles. The van der Waals surface area contributed by atoms with E-state index in [0.29, 0.717) is 5.75 Å². The molecule has 5 heteroatoms. The smallest absolute Gasteiger partial charge is 0.413 e. The molecule has 0 saturated heterocycles. The fourth-order valence-electron chi connectivity index (χ4n) is 0.666. The first-order valence-electron chi connectivity index (χ1n) is 3.33. The Morgan fingerprint density at radius 2 is 1.92 bits per heavy atom. The molecular formula is C7H10NO3P. The van der Waals surface area contributed by atoms with Crippen LogP contribution < -0.4 is 10.0 Å². The van der Waals surface area contributed by atoms with Gasteiger partial charge in [0, 0.05) is 7.11 Å². The zero-order chi connectivity index (χ0) is 9.03. The Labute approximate surface area is 70.9 Å². The van der Waals surface area contributed by atoms with E-state index >= 15 is 0 Å². The molecule has 0 saturated carbocycles. The van der Waals surface area contributed by atoms with Crippen molar-refractivity contribution in [2.45, 2.75) is 0 Å². The lowest BCUT2D eigenvalue weighted by molar-refractivity contribution is 0.323. The Hall–Kier alpha value is -0.830. The van der Waals surface area contributed by atoms with Crippen molar-refractivity contribution < 1.29 is 13.6 Å². The van der Waals surface area contributed by atoms with Gasteiger partial charge in [-0.1, -0.05) is 18.2 Å². The number of para-hydroxylation sites is 1. The van der Waals surface area contributed by atoms with Crippen LogP contribution in [0.1, 0.15) is 0 Å². The number of rotatable bonds is 3. The number of benzene rings is 1. The van der Waals surface area contributed by atoms with Crippen molar-refractivity contribution in [1.29, 1.82) is 0 Å². The zero-order valence-electron chi connectivity index (χ0n) is 6.64. The van der Waals surface area contributed by atoms with E-state index < -0.39 is 7.75 Å². The molecule has 2 N–H and O–H groups in total. The summed E-state index contributed by atoms with van der Waals surface area (Å²) in [5, 5.41) is 0. The van der Waals surface area contributed by atoms with Crippen LogP contribution in [0.3, 0.4) is 0 Å². The van der Waals surface area contributed by atoms with Crippen molar-refractivity contribution in [1.82, 2.24) is 0 Å². The molecule has 0 bridgehead atoms. The maximum Gasteiger partial charge on any atom is 0.455 e. The van der Waals surface area contributed by atoms with Gasteiger partial charge in [-0.25, -0.2) is 10.1 Å². The normalized spacial score (nSPS) is 15.2. The van der Waals surface area contributed by atoms with Crippen molar-refractivity contribution in [2.24, 2.45) is 5.50 Å². The van der Waals surface area contributed by atoms with Crippen LogP contribution in [0, 0.1) is 0 Å². The van der Waals surface area contributed by atoms with Crippen molar-refractivity contribution >= 4 is 7.75 Å². The quantitative estimate of drug-likeness (QED) is 0.732. The standard InChI is InChI=1S/C7H10NO3P/c1-10-12(8,9)11-7-5-3-2-4-6-7/h2-6H,1H3,(H2,8,9). The molecule has 0 amide bonds. The molecule has 1 rings (SSSR count). The van der Waals surface area contributed by atoms with E-state index in [4.69, 9.17) is 10.0 Å². The molecule has 0 radical (unpaired) electrons. The van der Waals surface area contributed by atoms with Gasteiger partial charge < -0.3 is 4.52 Å². The monoisotopic (exact) mass is 187 g/mol. The molecule has 0 fully saturated rings. The van der Waals surface area contributed by atoms with E-state index in [1.165, 1.54) is 7.11 Å². The topological polar surface area (TPSA) is 61.5 Å². The minimum atomic E-state index is -3.40. The Balaban J connectivity index is 2.71. The van der Waals surface area contributed by atoms with E-state index in [0.717, 1.165) is 0 Å². The molecule has 1 aromatic rings. The first-order valence-corrected chi connectivity index (χ1v) is 4.94. The van der Waals surface area contributed by atoms with Crippen LogP contribution in [0.25, 0.3) is 0 Å². The Morgan fingerprint density at radius 3 is 2.42 bits per heavy atom. The van der Waals surface area contributed by atoms with E-state index in [1.807, 2.05) is 6.07 Å². The molecule has 1 unspecified atom stereocenters. The SMILES string of the molecule is COP(N)(=O)Oc1ccccc1. The van der Waals surface area contributed by atoms with Gasteiger partial charge in [0.05, 0.1) is 0 Å². The summed E-state index contributed by atoms with van der Waals surface area (Å²) in [6, 6.07) is 8.63. The lowest BCUT2D eigenvalue weighted by atomic mass is 10.3. The fraction of sp³-hybridized carbons (Fsp3) is 0.143. The van der Waals surface area contributed by atoms with Gasteiger partial charge in [-0.15, -0.1) is 0 Å². The maximum absolute atomic E-state index is 11.1. The lowest BCUT2D eigenvalue weighted by Gasteiger charge is -2.10. The van der Waals surface area contributed by atoms with Gasteiger partial charge in [0.15, 0.2) is 0 Å². The Kier molecular flexibility index (Phi) is 2.87. The van der Waals surface area contributed by atoms with Gasteiger partial charge in [-0.2, -0.15) is 0 Å². The van der Waals surface area contributed by atoms with Crippen LogP contribution in [0.5, 0.6) is 5.75 Å². The minimum Gasteiger partial charge on any atom is -0.413 e. The number of hydrogen-bond acceptors (Lipinski definition) is 3. The predicted molar refractivity (Wildman–Crippen MR) is 45.9 cm³/mol. The van der Waals surface area contributed by atoms with Crippen LogP contribution in [-0.2, 0) is 9.09 Å².